The number of hydrogen-bond donors (Lipinski definition) is 0. The van der Waals surface area contributed by atoms with Crippen LogP contribution in [0, 0.1) is 6.57 Å². The molecule has 50 heavy (non-hydrogen) atoms. The summed E-state index contributed by atoms with van der Waals surface area (Å²) in [4.78, 5) is 3.84. The number of hydrogen-bond acceptors (Lipinski definition) is 2. The summed E-state index contributed by atoms with van der Waals surface area (Å²) in [5.41, 5.74) is 13.0. The van der Waals surface area contributed by atoms with E-state index in [4.69, 9.17) is 16.0 Å². The predicted octanol–water partition coefficient (Wildman–Crippen LogP) is 12.1. The zero-order valence-corrected chi connectivity index (χ0v) is 29.2. The van der Waals surface area contributed by atoms with Crippen LogP contribution >= 0.6 is 0 Å². The minimum Gasteiger partial charge on any atom is -0.497 e. The van der Waals surface area contributed by atoms with Gasteiger partial charge in [0.05, 0.1) is 13.7 Å². The quantitative estimate of drug-likeness (QED) is 0.173. The van der Waals surface area contributed by atoms with Gasteiger partial charge in [-0.25, -0.2) is 4.85 Å². The first-order valence-electron chi connectivity index (χ1n) is 17.7. The van der Waals surface area contributed by atoms with Crippen LogP contribution in [0.25, 0.3) is 43.9 Å². The molecule has 1 heterocycles. The summed E-state index contributed by atoms with van der Waals surface area (Å²) in [6, 6.07) is 39.1. The van der Waals surface area contributed by atoms with Gasteiger partial charge in [0.1, 0.15) is 11.5 Å². The predicted molar refractivity (Wildman–Crippen MR) is 204 cm³/mol. The number of rotatable bonds is 5. The fourth-order valence-corrected chi connectivity index (χ4v) is 9.45. The molecule has 3 aliphatic rings. The highest BCUT2D eigenvalue weighted by molar-refractivity contribution is 6.08. The highest BCUT2D eigenvalue weighted by Gasteiger charge is 2.47. The Balaban J connectivity index is 1.33. The lowest BCUT2D eigenvalue weighted by Gasteiger charge is -2.40. The fraction of sp³-hybridized carbons (Fsp3) is 0.213. The summed E-state index contributed by atoms with van der Waals surface area (Å²) >= 11 is 0. The van der Waals surface area contributed by atoms with Crippen LogP contribution in [-0.2, 0) is 16.4 Å². The van der Waals surface area contributed by atoms with Crippen LogP contribution in [0.4, 0.5) is 5.69 Å². The molecule has 0 bridgehead atoms. The summed E-state index contributed by atoms with van der Waals surface area (Å²) in [6.45, 7) is 17.1. The van der Waals surface area contributed by atoms with E-state index in [9.17, 15) is 0 Å². The SMILES string of the molecule is [C-]#[N+]c1ccc2c(c1)C(CC)(CC)c1c3c(c4ccccc4c1-2)OC(c1ccc(OC)cc1)(c1ccc2c(c1)C(C)(C)c1ccccc1-2)C=C3. The maximum Gasteiger partial charge on any atom is 0.187 e. The van der Waals surface area contributed by atoms with E-state index in [-0.39, 0.29) is 10.8 Å². The second kappa shape index (κ2) is 10.7. The number of benzene rings is 6. The maximum absolute atomic E-state index is 7.82. The van der Waals surface area contributed by atoms with Gasteiger partial charge in [-0.1, -0.05) is 125 Å². The Bertz CT molecular complexity index is 2460. The van der Waals surface area contributed by atoms with Crippen molar-refractivity contribution in [3.63, 3.8) is 0 Å². The van der Waals surface area contributed by atoms with Gasteiger partial charge in [-0.2, -0.15) is 0 Å². The molecule has 0 N–H and O–H groups in total. The molecule has 244 valence electrons. The third-order valence-corrected chi connectivity index (χ3v) is 12.1. The molecule has 0 spiro atoms. The van der Waals surface area contributed by atoms with Crippen molar-refractivity contribution >= 4 is 22.5 Å². The van der Waals surface area contributed by atoms with Crippen molar-refractivity contribution in [2.24, 2.45) is 0 Å². The Labute approximate surface area is 294 Å². The molecule has 0 saturated carbocycles. The van der Waals surface area contributed by atoms with E-state index in [1.807, 2.05) is 18.2 Å². The first-order valence-corrected chi connectivity index (χ1v) is 17.7. The van der Waals surface area contributed by atoms with Gasteiger partial charge in [-0.3, -0.25) is 0 Å². The third kappa shape index (κ3) is 3.85. The number of ether oxygens (including phenoxy) is 2. The van der Waals surface area contributed by atoms with Gasteiger partial charge in [-0.05, 0) is 87.0 Å². The number of methoxy groups -OCH3 is 1. The van der Waals surface area contributed by atoms with E-state index in [1.54, 1.807) is 7.11 Å². The smallest absolute Gasteiger partial charge is 0.187 e. The normalized spacial score (nSPS) is 18.3. The first-order chi connectivity index (χ1) is 24.3. The Hall–Kier alpha value is -5.59. The molecule has 1 aliphatic heterocycles. The highest BCUT2D eigenvalue weighted by Crippen LogP contribution is 2.61. The van der Waals surface area contributed by atoms with Gasteiger partial charge < -0.3 is 9.47 Å². The molecule has 1 atom stereocenters. The summed E-state index contributed by atoms with van der Waals surface area (Å²) in [6.07, 6.45) is 6.47. The standard InChI is InChI=1S/C47H39NO2/c1-7-46(8-2)41-28-31(48-5)20-24-37(41)42-35-14-9-10-15-36(35)44-38(43(42)46)25-26-47(50-44,29-17-21-32(49-6)22-18-29)30-19-23-34-33-13-11-12-16-39(33)45(3,4)40(34)27-30/h9-28H,7-8H2,1-4,6H3. The van der Waals surface area contributed by atoms with Crippen molar-refractivity contribution in [1.82, 2.24) is 0 Å². The third-order valence-electron chi connectivity index (χ3n) is 12.1. The van der Waals surface area contributed by atoms with Crippen LogP contribution in [-0.4, -0.2) is 7.11 Å². The van der Waals surface area contributed by atoms with Crippen molar-refractivity contribution in [2.75, 3.05) is 7.11 Å². The lowest BCUT2D eigenvalue weighted by Crippen LogP contribution is -2.35. The van der Waals surface area contributed by atoms with Crippen LogP contribution in [0.5, 0.6) is 11.5 Å². The number of fused-ring (bicyclic) bond motifs is 11. The lowest BCUT2D eigenvalue weighted by atomic mass is 9.71. The average molecular weight is 650 g/mol. The van der Waals surface area contributed by atoms with Gasteiger partial charge in [-0.15, -0.1) is 0 Å². The van der Waals surface area contributed by atoms with Crippen LogP contribution in [0.2, 0.25) is 0 Å². The number of nitrogens with zero attached hydrogens (tertiary/aromatic N) is 1. The molecule has 3 heteroatoms. The van der Waals surface area contributed by atoms with Crippen LogP contribution in [0.3, 0.4) is 0 Å². The lowest BCUT2D eigenvalue weighted by molar-refractivity contribution is 0.163. The van der Waals surface area contributed by atoms with E-state index in [2.05, 4.69) is 136 Å². The second-order valence-electron chi connectivity index (χ2n) is 14.5. The van der Waals surface area contributed by atoms with E-state index < -0.39 is 5.60 Å². The minimum atomic E-state index is -0.889. The Kier molecular flexibility index (Phi) is 6.52. The zero-order chi connectivity index (χ0) is 34.4. The summed E-state index contributed by atoms with van der Waals surface area (Å²) in [5.74, 6) is 1.72. The van der Waals surface area contributed by atoms with Crippen molar-refractivity contribution in [3.8, 4) is 33.8 Å². The topological polar surface area (TPSA) is 22.8 Å². The molecule has 1 unspecified atom stereocenters. The van der Waals surface area contributed by atoms with Crippen molar-refractivity contribution in [2.45, 2.75) is 57.0 Å². The molecule has 0 saturated heterocycles. The minimum absolute atomic E-state index is 0.148. The maximum atomic E-state index is 7.82. The van der Waals surface area contributed by atoms with E-state index >= 15 is 0 Å². The van der Waals surface area contributed by atoms with E-state index in [0.717, 1.165) is 46.4 Å². The van der Waals surface area contributed by atoms with Gasteiger partial charge in [0.2, 0.25) is 0 Å². The average Bonchev–Trinajstić information content (AvgIpc) is 3.59. The highest BCUT2D eigenvalue weighted by atomic mass is 16.5. The van der Waals surface area contributed by atoms with E-state index in [1.165, 1.54) is 49.9 Å². The van der Waals surface area contributed by atoms with Crippen molar-refractivity contribution < 1.29 is 9.47 Å². The molecule has 6 aromatic carbocycles. The van der Waals surface area contributed by atoms with Crippen LogP contribution in [0.15, 0.2) is 115 Å². The second-order valence-corrected chi connectivity index (χ2v) is 14.5. The van der Waals surface area contributed by atoms with Gasteiger partial charge in [0, 0.05) is 32.9 Å². The molecule has 0 aromatic heterocycles. The summed E-state index contributed by atoms with van der Waals surface area (Å²) in [5, 5.41) is 2.28. The summed E-state index contributed by atoms with van der Waals surface area (Å²) < 4.78 is 13.3. The van der Waals surface area contributed by atoms with Crippen molar-refractivity contribution in [3.05, 3.63) is 166 Å². The van der Waals surface area contributed by atoms with E-state index in [0.29, 0.717) is 5.69 Å². The van der Waals surface area contributed by atoms with Crippen LogP contribution in [0.1, 0.15) is 79.5 Å². The molecule has 0 fully saturated rings. The molecule has 3 nitrogen and oxygen atoms in total. The molecule has 0 amide bonds. The summed E-state index contributed by atoms with van der Waals surface area (Å²) in [7, 11) is 1.71. The Morgan fingerprint density at radius 1 is 0.700 bits per heavy atom. The van der Waals surface area contributed by atoms with Gasteiger partial charge in [0.15, 0.2) is 11.3 Å². The molecular formula is C47H39NO2. The molecule has 2 aliphatic carbocycles. The van der Waals surface area contributed by atoms with Crippen molar-refractivity contribution in [1.29, 1.82) is 0 Å². The van der Waals surface area contributed by atoms with Gasteiger partial charge in [0.25, 0.3) is 0 Å². The van der Waals surface area contributed by atoms with Crippen LogP contribution < -0.4 is 9.47 Å². The molecule has 0 radical (unpaired) electrons. The monoisotopic (exact) mass is 649 g/mol. The molecular weight excluding hydrogens is 611 g/mol. The first kappa shape index (κ1) is 30.5. The Morgan fingerprint density at radius 2 is 1.38 bits per heavy atom. The molecule has 9 rings (SSSR count). The zero-order valence-electron chi connectivity index (χ0n) is 29.2. The largest absolute Gasteiger partial charge is 0.497 e. The molecule has 6 aromatic rings. The Morgan fingerprint density at radius 3 is 2.12 bits per heavy atom. The van der Waals surface area contributed by atoms with Gasteiger partial charge >= 0.3 is 0 Å². The fourth-order valence-electron chi connectivity index (χ4n) is 9.45.